The second-order valence-electron chi connectivity index (χ2n) is 5.89. The third kappa shape index (κ3) is 4.23. The van der Waals surface area contributed by atoms with Crippen LogP contribution in [0.5, 0.6) is 17.4 Å². The van der Waals surface area contributed by atoms with E-state index in [0.29, 0.717) is 23.9 Å². The van der Waals surface area contributed by atoms with Crippen molar-refractivity contribution in [3.8, 4) is 17.4 Å². The lowest BCUT2D eigenvalue weighted by Crippen LogP contribution is -2.38. The number of fused-ring (bicyclic) bond motifs is 1. The van der Waals surface area contributed by atoms with E-state index in [2.05, 4.69) is 4.98 Å². The number of ether oxygens (including phenoxy) is 2. The van der Waals surface area contributed by atoms with Gasteiger partial charge in [-0.1, -0.05) is 18.2 Å². The number of hydrogen-bond acceptors (Lipinski definition) is 5. The normalized spacial score (nSPS) is 13.0. The summed E-state index contributed by atoms with van der Waals surface area (Å²) < 4.78 is 11.3. The molecule has 0 saturated carbocycles. The number of rotatable bonds is 5. The first-order valence-corrected chi connectivity index (χ1v) is 9.62. The number of pyridine rings is 1. The minimum Gasteiger partial charge on any atom is -0.484 e. The molecule has 0 fully saturated rings. The van der Waals surface area contributed by atoms with Gasteiger partial charge in [-0.15, -0.1) is 11.8 Å². The Morgan fingerprint density at radius 3 is 2.59 bits per heavy atom. The predicted octanol–water partition coefficient (Wildman–Crippen LogP) is 4.39. The van der Waals surface area contributed by atoms with Crippen LogP contribution in [0.25, 0.3) is 0 Å². The lowest BCUT2D eigenvalue weighted by Gasteiger charge is -2.28. The van der Waals surface area contributed by atoms with Crippen LogP contribution in [0.4, 0.5) is 5.69 Å². The molecule has 0 bridgehead atoms. The van der Waals surface area contributed by atoms with Gasteiger partial charge in [0.15, 0.2) is 6.61 Å². The van der Waals surface area contributed by atoms with Crippen molar-refractivity contribution in [2.75, 3.05) is 23.8 Å². The van der Waals surface area contributed by atoms with Crippen LogP contribution in [0.15, 0.2) is 77.8 Å². The molecule has 1 aromatic heterocycles. The van der Waals surface area contributed by atoms with Crippen LogP contribution in [0.2, 0.25) is 0 Å². The summed E-state index contributed by atoms with van der Waals surface area (Å²) in [5, 5.41) is 0. The Bertz CT molecular complexity index is 916. The first-order valence-electron chi connectivity index (χ1n) is 8.63. The largest absolute Gasteiger partial charge is 0.484 e. The van der Waals surface area contributed by atoms with Gasteiger partial charge >= 0.3 is 0 Å². The maximum absolute atomic E-state index is 12.6. The predicted molar refractivity (Wildman–Crippen MR) is 106 cm³/mol. The van der Waals surface area contributed by atoms with E-state index in [1.54, 1.807) is 53.2 Å². The van der Waals surface area contributed by atoms with Gasteiger partial charge in [0.25, 0.3) is 5.91 Å². The van der Waals surface area contributed by atoms with Crippen LogP contribution < -0.4 is 14.4 Å². The number of hydrogen-bond donors (Lipinski definition) is 0. The van der Waals surface area contributed by atoms with Gasteiger partial charge < -0.3 is 14.4 Å². The van der Waals surface area contributed by atoms with Crippen LogP contribution >= 0.6 is 11.8 Å². The Kier molecular flexibility index (Phi) is 5.25. The van der Waals surface area contributed by atoms with Crippen molar-refractivity contribution in [3.63, 3.8) is 0 Å². The van der Waals surface area contributed by atoms with Gasteiger partial charge in [0, 0.05) is 29.5 Å². The summed E-state index contributed by atoms with van der Waals surface area (Å²) in [5.41, 5.74) is 0.960. The van der Waals surface area contributed by atoms with Crippen LogP contribution in [0.1, 0.15) is 0 Å². The zero-order valence-corrected chi connectivity index (χ0v) is 15.4. The van der Waals surface area contributed by atoms with E-state index in [4.69, 9.17) is 9.47 Å². The van der Waals surface area contributed by atoms with Crippen LogP contribution in [0, 0.1) is 0 Å². The van der Waals surface area contributed by atoms with E-state index in [1.165, 1.54) is 0 Å². The zero-order valence-electron chi connectivity index (χ0n) is 14.6. The highest BCUT2D eigenvalue weighted by molar-refractivity contribution is 7.99. The van der Waals surface area contributed by atoms with E-state index in [1.807, 2.05) is 36.4 Å². The Hall–Kier alpha value is -2.99. The fraction of sp³-hybridized carbons (Fsp3) is 0.143. The molecule has 3 aromatic rings. The number of nitrogens with zero attached hydrogens (tertiary/aromatic N) is 2. The molecule has 0 spiro atoms. The number of thioether (sulfide) groups is 1. The molecular formula is C21H18N2O3S. The maximum atomic E-state index is 12.6. The topological polar surface area (TPSA) is 51.7 Å². The zero-order chi connectivity index (χ0) is 18.5. The molecule has 0 aliphatic carbocycles. The molecule has 0 radical (unpaired) electrons. The Morgan fingerprint density at radius 2 is 1.78 bits per heavy atom. The van der Waals surface area contributed by atoms with Crippen molar-refractivity contribution in [2.45, 2.75) is 4.90 Å². The summed E-state index contributed by atoms with van der Waals surface area (Å²) in [6.45, 7) is 0.695. The van der Waals surface area contributed by atoms with Crippen molar-refractivity contribution in [1.29, 1.82) is 0 Å². The average Bonchev–Trinajstić information content (AvgIpc) is 2.73. The average molecular weight is 378 g/mol. The first-order chi connectivity index (χ1) is 13.3. The molecule has 2 heterocycles. The fourth-order valence-corrected chi connectivity index (χ4v) is 3.78. The molecule has 27 heavy (non-hydrogen) atoms. The van der Waals surface area contributed by atoms with Crippen LogP contribution in [-0.4, -0.2) is 29.8 Å². The monoisotopic (exact) mass is 378 g/mol. The lowest BCUT2D eigenvalue weighted by atomic mass is 10.2. The summed E-state index contributed by atoms with van der Waals surface area (Å²) in [5.74, 6) is 2.66. The van der Waals surface area contributed by atoms with Crippen LogP contribution in [-0.2, 0) is 4.79 Å². The van der Waals surface area contributed by atoms with Crippen molar-refractivity contribution in [3.05, 3.63) is 72.9 Å². The molecule has 1 aliphatic heterocycles. The lowest BCUT2D eigenvalue weighted by molar-refractivity contribution is -0.120. The first kappa shape index (κ1) is 17.4. The number of aromatic nitrogens is 1. The highest BCUT2D eigenvalue weighted by Crippen LogP contribution is 2.34. The summed E-state index contributed by atoms with van der Waals surface area (Å²) in [7, 11) is 0. The van der Waals surface area contributed by atoms with Crippen molar-refractivity contribution in [2.24, 2.45) is 0 Å². The molecule has 0 N–H and O–H groups in total. The quantitative estimate of drug-likeness (QED) is 0.659. The Morgan fingerprint density at radius 1 is 1.00 bits per heavy atom. The second kappa shape index (κ2) is 8.14. The minimum absolute atomic E-state index is 0.000550. The highest BCUT2D eigenvalue weighted by atomic mass is 32.2. The van der Waals surface area contributed by atoms with E-state index in [0.717, 1.165) is 16.3 Å². The van der Waals surface area contributed by atoms with Gasteiger partial charge in [-0.2, -0.15) is 0 Å². The third-order valence-electron chi connectivity index (χ3n) is 4.08. The van der Waals surface area contributed by atoms with Crippen molar-refractivity contribution >= 4 is 23.4 Å². The number of amides is 1. The minimum atomic E-state index is -0.0448. The smallest absolute Gasteiger partial charge is 0.264 e. The standard InChI is InChI=1S/C21H18N2O3S/c24-21(23-13-14-27-19-6-2-1-5-18(19)23)15-25-16-8-10-17(11-9-16)26-20-7-3-4-12-22-20/h1-12H,13-15H2. The molecule has 4 rings (SSSR count). The molecular weight excluding hydrogens is 360 g/mol. The summed E-state index contributed by atoms with van der Waals surface area (Å²) in [4.78, 5) is 19.7. The van der Waals surface area contributed by atoms with Crippen LogP contribution in [0.3, 0.4) is 0 Å². The number of benzene rings is 2. The summed E-state index contributed by atoms with van der Waals surface area (Å²) in [6.07, 6.45) is 1.68. The van der Waals surface area contributed by atoms with E-state index >= 15 is 0 Å². The summed E-state index contributed by atoms with van der Waals surface area (Å²) in [6, 6.07) is 20.6. The third-order valence-corrected chi connectivity index (χ3v) is 5.12. The SMILES string of the molecule is O=C(COc1ccc(Oc2ccccn2)cc1)N1CCSc2ccccc21. The second-order valence-corrected chi connectivity index (χ2v) is 7.03. The molecule has 5 nitrogen and oxygen atoms in total. The Balaban J connectivity index is 1.36. The van der Waals surface area contributed by atoms with Gasteiger partial charge in [-0.3, -0.25) is 4.79 Å². The number of carbonyl (C=O) groups excluding carboxylic acids is 1. The molecule has 1 amide bonds. The van der Waals surface area contributed by atoms with E-state index in [9.17, 15) is 4.79 Å². The van der Waals surface area contributed by atoms with Gasteiger partial charge in [-0.25, -0.2) is 4.98 Å². The molecule has 0 unspecified atom stereocenters. The fourth-order valence-electron chi connectivity index (χ4n) is 2.78. The Labute approximate surface area is 161 Å². The number of para-hydroxylation sites is 1. The van der Waals surface area contributed by atoms with Crippen molar-refractivity contribution < 1.29 is 14.3 Å². The van der Waals surface area contributed by atoms with Gasteiger partial charge in [-0.05, 0) is 42.5 Å². The van der Waals surface area contributed by atoms with Gasteiger partial charge in [0.1, 0.15) is 11.5 Å². The highest BCUT2D eigenvalue weighted by Gasteiger charge is 2.22. The van der Waals surface area contributed by atoms with Gasteiger partial charge in [0.05, 0.1) is 5.69 Å². The molecule has 136 valence electrons. The molecule has 2 aromatic carbocycles. The molecule has 0 saturated heterocycles. The molecule has 0 atom stereocenters. The molecule has 1 aliphatic rings. The van der Waals surface area contributed by atoms with Crippen molar-refractivity contribution in [1.82, 2.24) is 4.98 Å². The van der Waals surface area contributed by atoms with Gasteiger partial charge in [0.2, 0.25) is 5.88 Å². The molecule has 6 heteroatoms. The number of carbonyl (C=O) groups is 1. The summed E-state index contributed by atoms with van der Waals surface area (Å²) >= 11 is 1.77. The maximum Gasteiger partial charge on any atom is 0.264 e. The van der Waals surface area contributed by atoms with E-state index < -0.39 is 0 Å². The van der Waals surface area contributed by atoms with E-state index in [-0.39, 0.29) is 12.5 Å². The number of anilines is 1.